The minimum atomic E-state index is -0.401. The van der Waals surface area contributed by atoms with Gasteiger partial charge in [-0.05, 0) is 18.9 Å². The molecule has 98 valence electrons. The molecule has 1 aromatic carbocycles. The molecule has 1 aliphatic carbocycles. The zero-order chi connectivity index (χ0) is 13.1. The molecule has 1 aromatic rings. The Balaban J connectivity index is 1.99. The summed E-state index contributed by atoms with van der Waals surface area (Å²) < 4.78 is 5.18. The van der Waals surface area contributed by atoms with Gasteiger partial charge in [0, 0.05) is 25.8 Å². The number of hydrogen-bond acceptors (Lipinski definition) is 4. The van der Waals surface area contributed by atoms with Crippen LogP contribution in [-0.2, 0) is 11.3 Å². The average Bonchev–Trinajstić information content (AvgIpc) is 2.28. The number of nitrogens with one attached hydrogen (secondary N) is 1. The predicted molar refractivity (Wildman–Crippen MR) is 68.8 cm³/mol. The lowest BCUT2D eigenvalue weighted by Crippen LogP contribution is -2.44. The number of nitro groups is 1. The fourth-order valence-electron chi connectivity index (χ4n) is 2.06. The monoisotopic (exact) mass is 270 g/mol. The lowest BCUT2D eigenvalue weighted by Gasteiger charge is -2.34. The molecule has 5 nitrogen and oxygen atoms in total. The van der Waals surface area contributed by atoms with Gasteiger partial charge in [0.2, 0.25) is 0 Å². The molecule has 2 rings (SSSR count). The van der Waals surface area contributed by atoms with Crippen LogP contribution in [0, 0.1) is 10.1 Å². The molecule has 1 N–H and O–H groups in total. The van der Waals surface area contributed by atoms with Crippen molar-refractivity contribution in [3.05, 3.63) is 38.9 Å². The zero-order valence-corrected chi connectivity index (χ0v) is 10.8. The number of rotatable bonds is 5. The summed E-state index contributed by atoms with van der Waals surface area (Å²) in [4.78, 5) is 10.5. The van der Waals surface area contributed by atoms with Crippen LogP contribution in [0.25, 0.3) is 0 Å². The maximum absolute atomic E-state index is 10.9. The second-order valence-corrected chi connectivity index (χ2v) is 4.81. The SMILES string of the molecule is COC1CC(NCc2c(Cl)cccc2[N+](=O)[O-])C1. The van der Waals surface area contributed by atoms with E-state index in [-0.39, 0.29) is 5.69 Å². The fourth-order valence-corrected chi connectivity index (χ4v) is 2.30. The topological polar surface area (TPSA) is 64.4 Å². The van der Waals surface area contributed by atoms with Crippen LogP contribution in [0.4, 0.5) is 5.69 Å². The molecule has 0 bridgehead atoms. The standard InChI is InChI=1S/C12H15ClN2O3/c1-18-9-5-8(6-9)14-7-10-11(13)3-2-4-12(10)15(16)17/h2-4,8-9,14H,5-7H2,1H3. The first-order valence-corrected chi connectivity index (χ1v) is 6.17. The van der Waals surface area contributed by atoms with Crippen molar-refractivity contribution in [2.75, 3.05) is 7.11 Å². The van der Waals surface area contributed by atoms with Gasteiger partial charge >= 0.3 is 0 Å². The molecule has 0 aromatic heterocycles. The first-order chi connectivity index (χ1) is 8.61. The number of ether oxygens (including phenoxy) is 1. The largest absolute Gasteiger partial charge is 0.381 e. The van der Waals surface area contributed by atoms with Crippen LogP contribution in [0.1, 0.15) is 18.4 Å². The zero-order valence-electron chi connectivity index (χ0n) is 10.1. The maximum atomic E-state index is 10.9. The van der Waals surface area contributed by atoms with E-state index in [2.05, 4.69) is 5.32 Å². The summed E-state index contributed by atoms with van der Waals surface area (Å²) in [6, 6.07) is 5.09. The van der Waals surface area contributed by atoms with Crippen molar-refractivity contribution in [3.63, 3.8) is 0 Å². The van der Waals surface area contributed by atoms with Crippen molar-refractivity contribution in [1.29, 1.82) is 0 Å². The Morgan fingerprint density at radius 2 is 2.28 bits per heavy atom. The van der Waals surface area contributed by atoms with Gasteiger partial charge in [-0.1, -0.05) is 17.7 Å². The van der Waals surface area contributed by atoms with Gasteiger partial charge in [0.1, 0.15) is 0 Å². The molecule has 0 heterocycles. The van der Waals surface area contributed by atoms with Crippen molar-refractivity contribution >= 4 is 17.3 Å². The molecule has 1 aliphatic rings. The quantitative estimate of drug-likeness (QED) is 0.660. The number of nitro benzene ring substituents is 1. The van der Waals surface area contributed by atoms with Crippen molar-refractivity contribution in [2.24, 2.45) is 0 Å². The second-order valence-electron chi connectivity index (χ2n) is 4.40. The molecular weight excluding hydrogens is 256 g/mol. The normalized spacial score (nSPS) is 22.6. The summed E-state index contributed by atoms with van der Waals surface area (Å²) in [5.41, 5.74) is 0.614. The minimum absolute atomic E-state index is 0.0672. The van der Waals surface area contributed by atoms with Crippen LogP contribution in [0.2, 0.25) is 5.02 Å². The summed E-state index contributed by atoms with van der Waals surface area (Å²) in [7, 11) is 1.69. The molecule has 0 aliphatic heterocycles. The number of hydrogen-bond donors (Lipinski definition) is 1. The van der Waals surface area contributed by atoms with E-state index in [1.807, 2.05) is 0 Å². The van der Waals surface area contributed by atoms with E-state index in [0.717, 1.165) is 12.8 Å². The highest BCUT2D eigenvalue weighted by atomic mass is 35.5. The van der Waals surface area contributed by atoms with Gasteiger partial charge in [-0.2, -0.15) is 0 Å². The Labute approximate surface area is 110 Å². The molecule has 0 spiro atoms. The summed E-state index contributed by atoms with van der Waals surface area (Å²) in [6.45, 7) is 0.414. The minimum Gasteiger partial charge on any atom is -0.381 e. The van der Waals surface area contributed by atoms with Crippen LogP contribution in [0.15, 0.2) is 18.2 Å². The van der Waals surface area contributed by atoms with E-state index < -0.39 is 4.92 Å². The highest BCUT2D eigenvalue weighted by molar-refractivity contribution is 6.31. The molecule has 18 heavy (non-hydrogen) atoms. The van der Waals surface area contributed by atoms with Gasteiger partial charge in [-0.3, -0.25) is 10.1 Å². The van der Waals surface area contributed by atoms with Crippen molar-refractivity contribution in [2.45, 2.75) is 31.5 Å². The van der Waals surface area contributed by atoms with E-state index in [0.29, 0.717) is 29.3 Å². The molecule has 6 heteroatoms. The van der Waals surface area contributed by atoms with Gasteiger partial charge in [-0.25, -0.2) is 0 Å². The lowest BCUT2D eigenvalue weighted by atomic mass is 9.89. The molecule has 0 saturated heterocycles. The number of halogens is 1. The Morgan fingerprint density at radius 1 is 1.56 bits per heavy atom. The molecule has 0 unspecified atom stereocenters. The highest BCUT2D eigenvalue weighted by Gasteiger charge is 2.29. The number of nitrogens with zero attached hydrogens (tertiary/aromatic N) is 1. The van der Waals surface area contributed by atoms with Crippen LogP contribution >= 0.6 is 11.6 Å². The lowest BCUT2D eigenvalue weighted by molar-refractivity contribution is -0.385. The van der Waals surface area contributed by atoms with Crippen molar-refractivity contribution < 1.29 is 9.66 Å². The van der Waals surface area contributed by atoms with E-state index in [4.69, 9.17) is 16.3 Å². The van der Waals surface area contributed by atoms with E-state index in [1.165, 1.54) is 6.07 Å². The third kappa shape index (κ3) is 2.80. The molecule has 1 fully saturated rings. The predicted octanol–water partition coefficient (Wildman–Crippen LogP) is 2.52. The van der Waals surface area contributed by atoms with Gasteiger partial charge in [0.25, 0.3) is 5.69 Å². The van der Waals surface area contributed by atoms with Gasteiger partial charge < -0.3 is 10.1 Å². The Bertz CT molecular complexity index is 447. The average molecular weight is 271 g/mol. The first kappa shape index (κ1) is 13.3. The third-order valence-corrected chi connectivity index (χ3v) is 3.64. The first-order valence-electron chi connectivity index (χ1n) is 5.79. The van der Waals surface area contributed by atoms with Crippen molar-refractivity contribution in [3.8, 4) is 0 Å². The van der Waals surface area contributed by atoms with Crippen LogP contribution in [0.3, 0.4) is 0 Å². The Morgan fingerprint density at radius 3 is 2.89 bits per heavy atom. The Kier molecular flexibility index (Phi) is 4.16. The molecule has 0 amide bonds. The van der Waals surface area contributed by atoms with Crippen LogP contribution in [-0.4, -0.2) is 24.2 Å². The van der Waals surface area contributed by atoms with Crippen LogP contribution in [0.5, 0.6) is 0 Å². The van der Waals surface area contributed by atoms with E-state index >= 15 is 0 Å². The number of benzene rings is 1. The summed E-state index contributed by atoms with van der Waals surface area (Å²) in [5, 5.41) is 14.6. The van der Waals surface area contributed by atoms with E-state index in [9.17, 15) is 10.1 Å². The number of methoxy groups -OCH3 is 1. The molecule has 1 saturated carbocycles. The second kappa shape index (κ2) is 5.65. The smallest absolute Gasteiger partial charge is 0.275 e. The molecular formula is C12H15ClN2O3. The molecule has 0 radical (unpaired) electrons. The van der Waals surface area contributed by atoms with Crippen LogP contribution < -0.4 is 5.32 Å². The summed E-state index contributed by atoms with van der Waals surface area (Å²) in [6.07, 6.45) is 2.19. The fraction of sp³-hybridized carbons (Fsp3) is 0.500. The highest BCUT2D eigenvalue weighted by Crippen LogP contribution is 2.28. The third-order valence-electron chi connectivity index (χ3n) is 3.29. The van der Waals surface area contributed by atoms with E-state index in [1.54, 1.807) is 19.2 Å². The maximum Gasteiger partial charge on any atom is 0.275 e. The summed E-state index contributed by atoms with van der Waals surface area (Å²) in [5.74, 6) is 0. The Hall–Kier alpha value is -1.17. The molecule has 0 atom stereocenters. The van der Waals surface area contributed by atoms with Crippen molar-refractivity contribution in [1.82, 2.24) is 5.32 Å². The van der Waals surface area contributed by atoms with Gasteiger partial charge in [0.15, 0.2) is 0 Å². The van der Waals surface area contributed by atoms with Gasteiger partial charge in [-0.15, -0.1) is 0 Å². The summed E-state index contributed by atoms with van der Waals surface area (Å²) >= 11 is 6.00. The van der Waals surface area contributed by atoms with Gasteiger partial charge in [0.05, 0.1) is 21.6 Å².